The van der Waals surface area contributed by atoms with Gasteiger partial charge in [-0.1, -0.05) is 0 Å². The zero-order valence-electron chi connectivity index (χ0n) is 17.5. The van der Waals surface area contributed by atoms with E-state index in [0.717, 1.165) is 25.9 Å². The van der Waals surface area contributed by atoms with Crippen molar-refractivity contribution in [2.75, 3.05) is 38.4 Å². The maximum atomic E-state index is 12.8. The first-order valence-electron chi connectivity index (χ1n) is 10.8. The highest BCUT2D eigenvalue weighted by Crippen LogP contribution is 2.40. The minimum atomic E-state index is -0.576. The fourth-order valence-electron chi connectivity index (χ4n) is 4.49. The van der Waals surface area contributed by atoms with E-state index >= 15 is 0 Å². The summed E-state index contributed by atoms with van der Waals surface area (Å²) < 4.78 is 22.0. The first-order chi connectivity index (χ1) is 14.6. The monoisotopic (exact) mass is 418 g/mol. The number of urea groups is 1. The molecule has 0 unspecified atom stereocenters. The molecule has 2 saturated heterocycles. The number of fused-ring (bicyclic) bond motifs is 1. The van der Waals surface area contributed by atoms with Crippen LogP contribution in [0.5, 0.6) is 11.5 Å². The van der Waals surface area contributed by atoms with Crippen molar-refractivity contribution in [1.82, 2.24) is 4.90 Å². The Bertz CT molecular complexity index is 769. The second-order valence-electron chi connectivity index (χ2n) is 8.18. The van der Waals surface area contributed by atoms with Gasteiger partial charge < -0.3 is 29.2 Å². The third-order valence-corrected chi connectivity index (χ3v) is 6.23. The summed E-state index contributed by atoms with van der Waals surface area (Å²) in [6, 6.07) is 5.15. The third-order valence-electron chi connectivity index (χ3n) is 6.23. The number of likely N-dealkylation sites (tertiary alicyclic amines) is 1. The fraction of sp³-hybridized carbons (Fsp3) is 0.636. The molecular weight excluding hydrogens is 388 g/mol. The average Bonchev–Trinajstić information content (AvgIpc) is 3.23. The number of hydrogen-bond donors (Lipinski definition) is 1. The normalized spacial score (nSPS) is 22.4. The maximum Gasteiger partial charge on any atom is 0.321 e. The van der Waals surface area contributed by atoms with Gasteiger partial charge >= 0.3 is 12.0 Å². The zero-order valence-corrected chi connectivity index (χ0v) is 17.5. The number of piperidine rings is 1. The smallest absolute Gasteiger partial charge is 0.321 e. The molecule has 0 radical (unpaired) electrons. The summed E-state index contributed by atoms with van der Waals surface area (Å²) in [5, 5.41) is 2.92. The number of amides is 2. The van der Waals surface area contributed by atoms with Crippen LogP contribution < -0.4 is 14.8 Å². The lowest BCUT2D eigenvalue weighted by Crippen LogP contribution is -2.49. The van der Waals surface area contributed by atoms with Gasteiger partial charge in [0.1, 0.15) is 0 Å². The molecule has 2 fully saturated rings. The number of ether oxygens (including phenoxy) is 4. The van der Waals surface area contributed by atoms with Gasteiger partial charge in [-0.3, -0.25) is 4.79 Å². The fourth-order valence-corrected chi connectivity index (χ4v) is 4.49. The second-order valence-corrected chi connectivity index (χ2v) is 8.18. The van der Waals surface area contributed by atoms with Crippen LogP contribution in [0.25, 0.3) is 0 Å². The van der Waals surface area contributed by atoms with Crippen molar-refractivity contribution < 1.29 is 28.5 Å². The van der Waals surface area contributed by atoms with E-state index in [9.17, 15) is 9.59 Å². The predicted molar refractivity (Wildman–Crippen MR) is 110 cm³/mol. The van der Waals surface area contributed by atoms with Gasteiger partial charge in [-0.2, -0.15) is 0 Å². The van der Waals surface area contributed by atoms with Crippen molar-refractivity contribution in [3.8, 4) is 11.5 Å². The molecular formula is C22H30N2O6. The highest BCUT2D eigenvalue weighted by Gasteiger charge is 2.45. The first kappa shape index (κ1) is 20.8. The van der Waals surface area contributed by atoms with Gasteiger partial charge in [0.05, 0.1) is 18.1 Å². The number of nitrogens with zero attached hydrogens (tertiary/aromatic N) is 1. The van der Waals surface area contributed by atoms with E-state index in [1.165, 1.54) is 0 Å². The van der Waals surface area contributed by atoms with Gasteiger partial charge in [-0.15, -0.1) is 0 Å². The lowest BCUT2D eigenvalue weighted by Gasteiger charge is -2.42. The molecule has 0 saturated carbocycles. The molecule has 2 amide bonds. The second kappa shape index (κ2) is 9.12. The molecule has 0 aliphatic carbocycles. The van der Waals surface area contributed by atoms with Crippen LogP contribution in [0.15, 0.2) is 18.2 Å². The van der Waals surface area contributed by atoms with Crippen LogP contribution in [-0.4, -0.2) is 56.1 Å². The van der Waals surface area contributed by atoms with Crippen LogP contribution in [-0.2, 0) is 14.3 Å². The number of nitrogens with one attached hydrogen (secondary N) is 1. The summed E-state index contributed by atoms with van der Waals surface area (Å²) in [6.45, 7) is 4.15. The van der Waals surface area contributed by atoms with Crippen LogP contribution in [0.1, 0.15) is 45.4 Å². The van der Waals surface area contributed by atoms with Gasteiger partial charge in [-0.05, 0) is 57.6 Å². The summed E-state index contributed by atoms with van der Waals surface area (Å²) in [6.07, 6.45) is 5.13. The van der Waals surface area contributed by atoms with Crippen molar-refractivity contribution in [3.63, 3.8) is 0 Å². The lowest BCUT2D eigenvalue weighted by molar-refractivity contribution is -0.162. The molecule has 0 spiro atoms. The molecule has 8 heteroatoms. The number of hydrogen-bond acceptors (Lipinski definition) is 6. The average molecular weight is 418 g/mol. The van der Waals surface area contributed by atoms with Crippen molar-refractivity contribution in [2.45, 2.75) is 51.6 Å². The third kappa shape index (κ3) is 4.48. The highest BCUT2D eigenvalue weighted by molar-refractivity contribution is 5.90. The Labute approximate surface area is 176 Å². The summed E-state index contributed by atoms with van der Waals surface area (Å²) in [7, 11) is 0. The van der Waals surface area contributed by atoms with Crippen molar-refractivity contribution in [2.24, 2.45) is 5.41 Å². The molecule has 3 aliphatic heterocycles. The number of rotatable bonds is 5. The Morgan fingerprint density at radius 2 is 2.00 bits per heavy atom. The van der Waals surface area contributed by atoms with E-state index in [4.69, 9.17) is 18.9 Å². The number of esters is 1. The minimum Gasteiger partial charge on any atom is -0.466 e. The molecule has 0 bridgehead atoms. The van der Waals surface area contributed by atoms with Gasteiger partial charge in [0.2, 0.25) is 6.79 Å². The van der Waals surface area contributed by atoms with Crippen LogP contribution >= 0.6 is 0 Å². The van der Waals surface area contributed by atoms with Gasteiger partial charge in [0, 0.05) is 31.5 Å². The Morgan fingerprint density at radius 3 is 2.73 bits per heavy atom. The topological polar surface area (TPSA) is 86.3 Å². The summed E-state index contributed by atoms with van der Waals surface area (Å²) in [5.41, 5.74) is 0.0789. The maximum absolute atomic E-state index is 12.8. The minimum absolute atomic E-state index is 0.0946. The van der Waals surface area contributed by atoms with Crippen molar-refractivity contribution in [3.05, 3.63) is 18.2 Å². The van der Waals surface area contributed by atoms with E-state index in [-0.39, 0.29) is 24.9 Å². The van der Waals surface area contributed by atoms with Gasteiger partial charge in [0.15, 0.2) is 11.5 Å². The van der Waals surface area contributed by atoms with E-state index in [1.54, 1.807) is 23.1 Å². The summed E-state index contributed by atoms with van der Waals surface area (Å²) in [4.78, 5) is 27.4. The Morgan fingerprint density at radius 1 is 1.20 bits per heavy atom. The molecule has 4 rings (SSSR count). The molecule has 0 aromatic heterocycles. The molecule has 1 aromatic carbocycles. The van der Waals surface area contributed by atoms with E-state index < -0.39 is 5.41 Å². The van der Waals surface area contributed by atoms with Crippen LogP contribution in [0, 0.1) is 5.41 Å². The molecule has 164 valence electrons. The molecule has 1 N–H and O–H groups in total. The van der Waals surface area contributed by atoms with Crippen LogP contribution in [0.3, 0.4) is 0 Å². The Kier molecular flexibility index (Phi) is 6.32. The highest BCUT2D eigenvalue weighted by atomic mass is 16.7. The van der Waals surface area contributed by atoms with Gasteiger partial charge in [-0.25, -0.2) is 4.79 Å². The van der Waals surface area contributed by atoms with E-state index in [0.29, 0.717) is 56.1 Å². The summed E-state index contributed by atoms with van der Waals surface area (Å²) >= 11 is 0. The molecule has 3 aliphatic rings. The van der Waals surface area contributed by atoms with Crippen molar-refractivity contribution in [1.29, 1.82) is 0 Å². The molecule has 8 nitrogen and oxygen atoms in total. The number of carbonyl (C=O) groups excluding carboxylic acids is 2. The van der Waals surface area contributed by atoms with E-state index in [1.807, 2.05) is 6.92 Å². The number of carbonyl (C=O) groups is 2. The number of benzene rings is 1. The Balaban J connectivity index is 1.37. The Hall–Kier alpha value is -2.48. The molecule has 3 heterocycles. The SMILES string of the molecule is CCOC(=O)C1(C[C@@H]2CCCCO2)CCN(C(=O)Nc2ccc3c(c2)OCO3)CC1. The van der Waals surface area contributed by atoms with Crippen molar-refractivity contribution >= 4 is 17.7 Å². The largest absolute Gasteiger partial charge is 0.466 e. The standard InChI is InChI=1S/C22H30N2O6/c1-2-27-20(25)22(14-17-5-3-4-12-28-17)8-10-24(11-9-22)21(26)23-16-6-7-18-19(13-16)30-15-29-18/h6-7,13,17H,2-5,8-12,14-15H2,1H3,(H,23,26)/t17-/m0/s1. The van der Waals surface area contributed by atoms with Gasteiger partial charge in [0.25, 0.3) is 0 Å². The zero-order chi connectivity index (χ0) is 21.0. The molecule has 1 atom stereocenters. The van der Waals surface area contributed by atoms with Crippen LogP contribution in [0.2, 0.25) is 0 Å². The molecule has 30 heavy (non-hydrogen) atoms. The summed E-state index contributed by atoms with van der Waals surface area (Å²) in [5.74, 6) is 1.14. The van der Waals surface area contributed by atoms with E-state index in [2.05, 4.69) is 5.32 Å². The molecule has 1 aromatic rings. The van der Waals surface area contributed by atoms with Crippen LogP contribution in [0.4, 0.5) is 10.5 Å². The lowest BCUT2D eigenvalue weighted by atomic mass is 9.73. The quantitative estimate of drug-likeness (QED) is 0.736. The first-order valence-corrected chi connectivity index (χ1v) is 10.8. The predicted octanol–water partition coefficient (Wildman–Crippen LogP) is 3.55. The number of anilines is 1.